The molecule has 0 heterocycles. The summed E-state index contributed by atoms with van der Waals surface area (Å²) >= 11 is 0. The molecule has 0 aliphatic rings. The fraction of sp³-hybridized carbons (Fsp3) is 0.273. The normalized spacial score (nSPS) is 14.3. The first-order chi connectivity index (χ1) is 16.5. The van der Waals surface area contributed by atoms with E-state index in [0.717, 1.165) is 0 Å². The van der Waals surface area contributed by atoms with Crippen molar-refractivity contribution in [2.45, 2.75) is 36.3 Å². The predicted octanol–water partition coefficient (Wildman–Crippen LogP) is 8.63. The molecule has 0 amide bonds. The van der Waals surface area contributed by atoms with Gasteiger partial charge in [-0.15, -0.1) is 0 Å². The summed E-state index contributed by atoms with van der Waals surface area (Å²) in [6.45, 7) is 0. The Morgan fingerprint density at radius 3 is 1.32 bits per heavy atom. The highest BCUT2D eigenvalue weighted by Crippen LogP contribution is 2.54. The van der Waals surface area contributed by atoms with E-state index in [1.165, 1.54) is 0 Å². The molecule has 37 heavy (non-hydrogen) atoms. The summed E-state index contributed by atoms with van der Waals surface area (Å²) in [5.41, 5.74) is -5.19. The maximum atomic E-state index is 14.2. The van der Waals surface area contributed by atoms with Crippen molar-refractivity contribution in [3.63, 3.8) is 0 Å². The first kappa shape index (κ1) is 29.9. The Bertz CT molecular complexity index is 1180. The summed E-state index contributed by atoms with van der Waals surface area (Å²) in [6, 6.07) is 3.61. The van der Waals surface area contributed by atoms with Crippen LogP contribution < -0.4 is 0 Å². The van der Waals surface area contributed by atoms with Crippen LogP contribution in [0.3, 0.4) is 0 Å². The van der Waals surface area contributed by atoms with Crippen LogP contribution >= 0.6 is 0 Å². The predicted molar refractivity (Wildman–Crippen MR) is 98.6 cm³/mol. The number of halogens is 15. The molecule has 0 aliphatic heterocycles. The van der Waals surface area contributed by atoms with Crippen molar-refractivity contribution in [1.29, 1.82) is 0 Å². The Morgan fingerprint density at radius 2 is 0.946 bits per heavy atom. The van der Waals surface area contributed by atoms with Crippen LogP contribution in [0, 0.1) is 11.8 Å². The molecular weight excluding hydrogens is 549 g/mol. The van der Waals surface area contributed by atoms with E-state index in [1.54, 1.807) is 5.92 Å². The smallest absolute Gasteiger partial charge is 0.195 e. The molecule has 0 N–H and O–H groups in total. The largest absolute Gasteiger partial charge is 0.460 e. The van der Waals surface area contributed by atoms with Crippen molar-refractivity contribution in [3.05, 3.63) is 76.9 Å². The molecule has 0 bridgehead atoms. The molecule has 2 aromatic carbocycles. The second-order valence-electron chi connectivity index (χ2n) is 7.23. The van der Waals surface area contributed by atoms with Gasteiger partial charge >= 0.3 is 36.3 Å². The summed E-state index contributed by atoms with van der Waals surface area (Å²) in [4.78, 5) is 0. The SMILES string of the molecule is FC(F)(F)c1ccc(C#C/C(=C/C(F)(F)C(F)(F)C(F)(F)C(F)(F)F)c2ccc(C(F)(F)F)cc2)cc1. The van der Waals surface area contributed by atoms with Gasteiger partial charge in [0.15, 0.2) is 0 Å². The van der Waals surface area contributed by atoms with E-state index in [4.69, 9.17) is 0 Å². The van der Waals surface area contributed by atoms with E-state index in [9.17, 15) is 65.9 Å². The highest BCUT2D eigenvalue weighted by molar-refractivity contribution is 5.80. The van der Waals surface area contributed by atoms with Gasteiger partial charge in [-0.2, -0.15) is 65.9 Å². The van der Waals surface area contributed by atoms with Gasteiger partial charge in [0.25, 0.3) is 0 Å². The Morgan fingerprint density at radius 1 is 0.541 bits per heavy atom. The molecule has 202 valence electrons. The molecule has 15 heteroatoms. The lowest BCUT2D eigenvalue weighted by molar-refractivity contribution is -0.388. The van der Waals surface area contributed by atoms with Crippen LogP contribution in [0.2, 0.25) is 0 Å². The van der Waals surface area contributed by atoms with Crippen LogP contribution in [0.5, 0.6) is 0 Å². The van der Waals surface area contributed by atoms with Crippen LogP contribution in [0.4, 0.5) is 65.9 Å². The van der Waals surface area contributed by atoms with Gasteiger partial charge in [-0.05, 0) is 42.0 Å². The van der Waals surface area contributed by atoms with Gasteiger partial charge in [0, 0.05) is 17.2 Å². The van der Waals surface area contributed by atoms with Crippen molar-refractivity contribution >= 4 is 5.57 Å². The standard InChI is InChI=1S/C22H9F15/c23-17(24,20(31,32)21(33,34)22(35,36)37)11-14(13-5-9-16(10-6-13)19(28,29)30)4-1-12-2-7-15(8-3-12)18(25,26)27/h2-3,5-11H/b14-11-. The monoisotopic (exact) mass is 558 g/mol. The fourth-order valence-electron chi connectivity index (χ4n) is 2.57. The van der Waals surface area contributed by atoms with Gasteiger partial charge in [0.05, 0.1) is 11.1 Å². The Balaban J connectivity index is 2.66. The summed E-state index contributed by atoms with van der Waals surface area (Å²) in [5, 5.41) is 0. The van der Waals surface area contributed by atoms with E-state index >= 15 is 0 Å². The average Bonchev–Trinajstić information content (AvgIpc) is 2.74. The van der Waals surface area contributed by atoms with Crippen molar-refractivity contribution in [2.75, 3.05) is 0 Å². The van der Waals surface area contributed by atoms with E-state index in [1.807, 2.05) is 5.92 Å². The van der Waals surface area contributed by atoms with Gasteiger partial charge in [-0.1, -0.05) is 24.0 Å². The lowest BCUT2D eigenvalue weighted by atomic mass is 9.97. The van der Waals surface area contributed by atoms with Crippen molar-refractivity contribution < 1.29 is 65.9 Å². The van der Waals surface area contributed by atoms with Gasteiger partial charge < -0.3 is 0 Å². The zero-order valence-corrected chi connectivity index (χ0v) is 17.4. The maximum absolute atomic E-state index is 14.2. The number of hydrogen-bond acceptors (Lipinski definition) is 0. The Hall–Kier alpha value is -3.31. The van der Waals surface area contributed by atoms with Crippen LogP contribution in [0.15, 0.2) is 54.6 Å². The first-order valence-electron chi connectivity index (χ1n) is 9.30. The number of alkyl halides is 15. The van der Waals surface area contributed by atoms with Gasteiger partial charge in [-0.3, -0.25) is 0 Å². The lowest BCUT2D eigenvalue weighted by Gasteiger charge is -2.32. The molecular formula is C22H9F15. The zero-order valence-electron chi connectivity index (χ0n) is 17.4. The molecule has 0 atom stereocenters. The Kier molecular flexibility index (Phi) is 7.71. The van der Waals surface area contributed by atoms with Crippen molar-refractivity contribution in [2.24, 2.45) is 0 Å². The fourth-order valence-corrected chi connectivity index (χ4v) is 2.57. The van der Waals surface area contributed by atoms with Crippen molar-refractivity contribution in [3.8, 4) is 11.8 Å². The molecule has 0 unspecified atom stereocenters. The number of rotatable bonds is 4. The van der Waals surface area contributed by atoms with E-state index in [-0.39, 0.29) is 17.7 Å². The molecule has 0 fully saturated rings. The molecule has 0 aromatic heterocycles. The third kappa shape index (κ3) is 6.34. The van der Waals surface area contributed by atoms with Crippen LogP contribution in [-0.4, -0.2) is 23.9 Å². The van der Waals surface area contributed by atoms with Gasteiger partial charge in [-0.25, -0.2) is 0 Å². The van der Waals surface area contributed by atoms with E-state index in [0.29, 0.717) is 36.4 Å². The Labute approximate surface area is 197 Å². The van der Waals surface area contributed by atoms with E-state index in [2.05, 4.69) is 0 Å². The second-order valence-corrected chi connectivity index (χ2v) is 7.23. The van der Waals surface area contributed by atoms with Crippen LogP contribution in [-0.2, 0) is 12.4 Å². The average molecular weight is 558 g/mol. The first-order valence-corrected chi connectivity index (χ1v) is 9.30. The minimum atomic E-state index is -7.24. The second kappa shape index (κ2) is 9.53. The summed E-state index contributed by atoms with van der Waals surface area (Å²) in [7, 11) is 0. The molecule has 0 radical (unpaired) electrons. The molecule has 0 saturated carbocycles. The highest BCUT2D eigenvalue weighted by Gasteiger charge is 2.81. The minimum absolute atomic E-state index is 0.254. The molecule has 2 aromatic rings. The van der Waals surface area contributed by atoms with Crippen LogP contribution in [0.25, 0.3) is 5.57 Å². The topological polar surface area (TPSA) is 0 Å². The number of benzene rings is 2. The highest BCUT2D eigenvalue weighted by atomic mass is 19.4. The van der Waals surface area contributed by atoms with Gasteiger partial charge in [0.2, 0.25) is 0 Å². The van der Waals surface area contributed by atoms with Gasteiger partial charge in [0.1, 0.15) is 0 Å². The van der Waals surface area contributed by atoms with E-state index < -0.39 is 64.6 Å². The molecule has 0 spiro atoms. The molecule has 0 nitrogen and oxygen atoms in total. The lowest BCUT2D eigenvalue weighted by Crippen LogP contribution is -2.60. The summed E-state index contributed by atoms with van der Waals surface area (Å²) < 4.78 is 195. The summed E-state index contributed by atoms with van der Waals surface area (Å²) in [5.74, 6) is -17.0. The molecule has 0 aliphatic carbocycles. The number of hydrogen-bond donors (Lipinski definition) is 0. The maximum Gasteiger partial charge on any atom is 0.460 e. The minimum Gasteiger partial charge on any atom is -0.195 e. The third-order valence-corrected chi connectivity index (χ3v) is 4.57. The molecule has 2 rings (SSSR count). The van der Waals surface area contributed by atoms with Crippen molar-refractivity contribution in [1.82, 2.24) is 0 Å². The third-order valence-electron chi connectivity index (χ3n) is 4.57. The summed E-state index contributed by atoms with van der Waals surface area (Å²) in [6.07, 6.45) is -18.0. The zero-order chi connectivity index (χ0) is 28.7. The molecule has 0 saturated heterocycles. The van der Waals surface area contributed by atoms with Crippen LogP contribution in [0.1, 0.15) is 22.3 Å². The quantitative estimate of drug-likeness (QED) is 0.261. The number of allylic oxidation sites excluding steroid dienone is 2.